The third-order valence-corrected chi connectivity index (χ3v) is 5.66. The molecule has 0 bridgehead atoms. The van der Waals surface area contributed by atoms with Gasteiger partial charge in [0, 0.05) is 30.4 Å². The normalized spacial score (nSPS) is 20.6. The fourth-order valence-corrected chi connectivity index (χ4v) is 4.06. The van der Waals surface area contributed by atoms with Gasteiger partial charge in [0.25, 0.3) is 0 Å². The van der Waals surface area contributed by atoms with E-state index in [1.807, 2.05) is 24.4 Å². The van der Waals surface area contributed by atoms with Crippen molar-refractivity contribution >= 4 is 11.3 Å². The van der Waals surface area contributed by atoms with Crippen molar-refractivity contribution in [3.8, 4) is 22.9 Å². The molecule has 148 valence electrons. The van der Waals surface area contributed by atoms with Crippen LogP contribution in [0.5, 0.6) is 5.75 Å². The minimum Gasteiger partial charge on any atom is -0.489 e. The number of pyridine rings is 2. The molecule has 0 aromatic carbocycles. The zero-order valence-electron chi connectivity index (χ0n) is 16.5. The Morgan fingerprint density at radius 3 is 2.72 bits per heavy atom. The molecule has 1 N–H and O–H groups in total. The first-order chi connectivity index (χ1) is 13.9. The van der Waals surface area contributed by atoms with Crippen LogP contribution in [0.1, 0.15) is 25.8 Å². The van der Waals surface area contributed by atoms with Crippen LogP contribution in [0, 0.1) is 23.2 Å². The van der Waals surface area contributed by atoms with Gasteiger partial charge >= 0.3 is 0 Å². The van der Waals surface area contributed by atoms with Crippen LogP contribution in [0.15, 0.2) is 36.8 Å². The molecule has 3 aromatic heterocycles. The summed E-state index contributed by atoms with van der Waals surface area (Å²) in [6.45, 7) is 5.74. The second kappa shape index (κ2) is 6.46. The minimum absolute atomic E-state index is 0.152. The summed E-state index contributed by atoms with van der Waals surface area (Å²) in [5.74, 6) is 3.28. The first-order valence-corrected chi connectivity index (χ1v) is 9.89. The summed E-state index contributed by atoms with van der Waals surface area (Å²) in [7, 11) is 0. The van der Waals surface area contributed by atoms with Gasteiger partial charge in [-0.25, -0.2) is 9.50 Å². The summed E-state index contributed by atoms with van der Waals surface area (Å²) in [5.41, 5.74) is 2.00. The van der Waals surface area contributed by atoms with E-state index >= 15 is 0 Å². The van der Waals surface area contributed by atoms with Crippen molar-refractivity contribution in [2.45, 2.75) is 25.9 Å². The summed E-state index contributed by atoms with van der Waals surface area (Å²) < 4.78 is 7.43. The summed E-state index contributed by atoms with van der Waals surface area (Å²) >= 11 is 0. The van der Waals surface area contributed by atoms with Crippen molar-refractivity contribution < 1.29 is 9.84 Å². The van der Waals surface area contributed by atoms with Crippen LogP contribution in [-0.2, 0) is 0 Å². The highest BCUT2D eigenvalue weighted by Crippen LogP contribution is 2.46. The molecular formula is C22H23N5O2. The average molecular weight is 389 g/mol. The highest BCUT2D eigenvalue weighted by molar-refractivity contribution is 5.85. The number of nitrogens with zero attached hydrogens (tertiary/aromatic N) is 5. The van der Waals surface area contributed by atoms with Gasteiger partial charge in [0.05, 0.1) is 29.1 Å². The molecule has 2 atom stereocenters. The van der Waals surface area contributed by atoms with E-state index in [1.54, 1.807) is 30.8 Å². The Kier molecular flexibility index (Phi) is 4.00. The fraction of sp³-hybridized carbons (Fsp3) is 0.409. The number of fused-ring (bicyclic) bond motifs is 2. The lowest BCUT2D eigenvalue weighted by Gasteiger charge is -2.20. The van der Waals surface area contributed by atoms with E-state index in [4.69, 9.17) is 4.74 Å². The maximum atomic E-state index is 9.97. The molecule has 0 amide bonds. The second-order valence-electron chi connectivity index (χ2n) is 8.72. The van der Waals surface area contributed by atoms with Gasteiger partial charge in [-0.15, -0.1) is 0 Å². The number of nitriles is 1. The van der Waals surface area contributed by atoms with E-state index in [0.717, 1.165) is 47.4 Å². The summed E-state index contributed by atoms with van der Waals surface area (Å²) in [6, 6.07) is 8.17. The number of hydrogen-bond acceptors (Lipinski definition) is 6. The summed E-state index contributed by atoms with van der Waals surface area (Å²) in [4.78, 5) is 7.03. The number of ether oxygens (including phenoxy) is 1. The van der Waals surface area contributed by atoms with E-state index in [2.05, 4.69) is 21.1 Å². The Balaban J connectivity index is 1.51. The molecule has 1 saturated carbocycles. The maximum absolute atomic E-state index is 9.97. The summed E-state index contributed by atoms with van der Waals surface area (Å²) in [5, 5.41) is 23.8. The first kappa shape index (κ1) is 18.0. The summed E-state index contributed by atoms with van der Waals surface area (Å²) in [6.07, 6.45) is 6.49. The molecular weight excluding hydrogens is 366 g/mol. The van der Waals surface area contributed by atoms with Gasteiger partial charge in [-0.3, -0.25) is 0 Å². The molecule has 7 heteroatoms. The van der Waals surface area contributed by atoms with E-state index < -0.39 is 5.60 Å². The van der Waals surface area contributed by atoms with Gasteiger partial charge in [-0.05, 0) is 50.3 Å². The van der Waals surface area contributed by atoms with Gasteiger partial charge in [0.1, 0.15) is 24.2 Å². The molecule has 0 radical (unpaired) electrons. The first-order valence-electron chi connectivity index (χ1n) is 9.89. The molecule has 7 nitrogen and oxygen atoms in total. The van der Waals surface area contributed by atoms with E-state index in [1.165, 1.54) is 6.42 Å². The zero-order valence-corrected chi connectivity index (χ0v) is 16.5. The zero-order chi connectivity index (χ0) is 20.2. The standard InChI is InChI=1S/C22H23N5O2/c1-22(2,28)13-29-18-6-19(21-17(7-23)9-25-27(21)12-18)14-3-4-20(24-8-14)26-10-15-5-16(15)11-26/h3-4,6,8-9,12,15-16,28H,5,10-11,13H2,1-2H3. The Labute approximate surface area is 169 Å². The molecule has 1 aliphatic carbocycles. The molecule has 4 heterocycles. The largest absolute Gasteiger partial charge is 0.489 e. The van der Waals surface area contributed by atoms with Gasteiger partial charge in [0.15, 0.2) is 0 Å². The van der Waals surface area contributed by atoms with Crippen molar-refractivity contribution in [1.29, 1.82) is 5.26 Å². The Bertz CT molecular complexity index is 1100. The highest BCUT2D eigenvalue weighted by atomic mass is 16.5. The SMILES string of the molecule is CC(C)(O)COc1cc(-c2ccc(N3CC4CC4C3)nc2)c2c(C#N)cnn2c1. The third-order valence-electron chi connectivity index (χ3n) is 5.66. The molecule has 2 aliphatic rings. The topological polar surface area (TPSA) is 86.7 Å². The monoisotopic (exact) mass is 389 g/mol. The van der Waals surface area contributed by atoms with Crippen LogP contribution < -0.4 is 9.64 Å². The van der Waals surface area contributed by atoms with Crippen LogP contribution in [0.3, 0.4) is 0 Å². The lowest BCUT2D eigenvalue weighted by molar-refractivity contribution is 0.0283. The number of rotatable bonds is 5. The van der Waals surface area contributed by atoms with Crippen molar-refractivity contribution in [3.63, 3.8) is 0 Å². The van der Waals surface area contributed by atoms with Crippen LogP contribution >= 0.6 is 0 Å². The fourth-order valence-electron chi connectivity index (χ4n) is 4.06. The average Bonchev–Trinajstić information content (AvgIpc) is 3.12. The Hall–Kier alpha value is -3.11. The van der Waals surface area contributed by atoms with Crippen LogP contribution in [-0.4, -0.2) is 45.0 Å². The smallest absolute Gasteiger partial charge is 0.138 e. The second-order valence-corrected chi connectivity index (χ2v) is 8.72. The number of aliphatic hydroxyl groups is 1. The third kappa shape index (κ3) is 3.40. The van der Waals surface area contributed by atoms with Gasteiger partial charge in [0.2, 0.25) is 0 Å². The number of aromatic nitrogens is 3. The lowest BCUT2D eigenvalue weighted by Crippen LogP contribution is -2.27. The quantitative estimate of drug-likeness (QED) is 0.722. The molecule has 0 spiro atoms. The maximum Gasteiger partial charge on any atom is 0.138 e. The Morgan fingerprint density at radius 1 is 1.28 bits per heavy atom. The molecule has 3 aromatic rings. The number of anilines is 1. The molecule has 2 unspecified atom stereocenters. The molecule has 1 aliphatic heterocycles. The van der Waals surface area contributed by atoms with Gasteiger partial charge in [-0.2, -0.15) is 10.4 Å². The van der Waals surface area contributed by atoms with Crippen LogP contribution in [0.2, 0.25) is 0 Å². The Morgan fingerprint density at radius 2 is 2.07 bits per heavy atom. The van der Waals surface area contributed by atoms with Crippen molar-refractivity contribution in [2.24, 2.45) is 11.8 Å². The molecule has 2 fully saturated rings. The van der Waals surface area contributed by atoms with Crippen LogP contribution in [0.25, 0.3) is 16.6 Å². The van der Waals surface area contributed by atoms with Crippen LogP contribution in [0.4, 0.5) is 5.82 Å². The molecule has 1 saturated heterocycles. The number of piperidine rings is 1. The minimum atomic E-state index is -0.948. The van der Waals surface area contributed by atoms with Crippen molar-refractivity contribution in [1.82, 2.24) is 14.6 Å². The van der Waals surface area contributed by atoms with Crippen molar-refractivity contribution in [3.05, 3.63) is 42.4 Å². The van der Waals surface area contributed by atoms with E-state index in [9.17, 15) is 10.4 Å². The predicted octanol–water partition coefficient (Wildman–Crippen LogP) is 2.87. The van der Waals surface area contributed by atoms with Crippen molar-refractivity contribution in [2.75, 3.05) is 24.6 Å². The van der Waals surface area contributed by atoms with E-state index in [0.29, 0.717) is 11.3 Å². The van der Waals surface area contributed by atoms with E-state index in [-0.39, 0.29) is 6.61 Å². The predicted molar refractivity (Wildman–Crippen MR) is 109 cm³/mol. The highest BCUT2D eigenvalue weighted by Gasteiger charge is 2.45. The number of hydrogen-bond donors (Lipinski definition) is 1. The van der Waals surface area contributed by atoms with Gasteiger partial charge < -0.3 is 14.7 Å². The molecule has 29 heavy (non-hydrogen) atoms. The lowest BCUT2D eigenvalue weighted by atomic mass is 10.1. The molecule has 5 rings (SSSR count). The van der Waals surface area contributed by atoms with Gasteiger partial charge in [-0.1, -0.05) is 0 Å².